The van der Waals surface area contributed by atoms with Crippen LogP contribution in [0.5, 0.6) is 0 Å². The third kappa shape index (κ3) is 2.10. The maximum atomic E-state index is 12.6. The summed E-state index contributed by atoms with van der Waals surface area (Å²) in [6, 6.07) is 0. The van der Waals surface area contributed by atoms with Crippen molar-refractivity contribution in [2.45, 2.75) is 38.0 Å². The van der Waals surface area contributed by atoms with Gasteiger partial charge in [-0.25, -0.2) is 9.97 Å². The number of nitrogens with zero attached hydrogens (tertiary/aromatic N) is 3. The molecular weight excluding hydrogens is 252 g/mol. The highest BCUT2D eigenvalue weighted by atomic mass is 16.2. The third-order valence-corrected chi connectivity index (χ3v) is 4.92. The predicted molar refractivity (Wildman–Crippen MR) is 75.4 cm³/mol. The Balaban J connectivity index is 1.46. The van der Waals surface area contributed by atoms with Gasteiger partial charge in [-0.2, -0.15) is 0 Å². The Bertz CT molecular complexity index is 521. The van der Waals surface area contributed by atoms with Crippen LogP contribution in [0.3, 0.4) is 0 Å². The number of carbonyl (C=O) groups excluding carboxylic acids is 1. The molecule has 3 aliphatic rings. The molecule has 1 aromatic heterocycles. The number of nitrogens with one attached hydrogen (secondary N) is 1. The highest BCUT2D eigenvalue weighted by Gasteiger charge is 2.46. The van der Waals surface area contributed by atoms with Gasteiger partial charge in [0.15, 0.2) is 0 Å². The van der Waals surface area contributed by atoms with Crippen LogP contribution in [0.1, 0.15) is 43.8 Å². The maximum Gasteiger partial charge on any atom is 0.232 e. The van der Waals surface area contributed by atoms with Gasteiger partial charge in [0.2, 0.25) is 5.91 Å². The summed E-state index contributed by atoms with van der Waals surface area (Å²) in [5.74, 6) is 1.63. The van der Waals surface area contributed by atoms with E-state index in [1.165, 1.54) is 12.8 Å². The summed E-state index contributed by atoms with van der Waals surface area (Å²) in [5, 5.41) is 3.03. The van der Waals surface area contributed by atoms with E-state index in [9.17, 15) is 4.79 Å². The SMILES string of the molecule is O=C(Nc1cnc(C2CC2)nc1)C12CCCN(CC1)C2. The third-order valence-electron chi connectivity index (χ3n) is 4.92. The minimum Gasteiger partial charge on any atom is -0.323 e. The van der Waals surface area contributed by atoms with Crippen molar-refractivity contribution in [1.82, 2.24) is 14.9 Å². The van der Waals surface area contributed by atoms with E-state index < -0.39 is 0 Å². The van der Waals surface area contributed by atoms with Crippen LogP contribution in [-0.4, -0.2) is 40.4 Å². The van der Waals surface area contributed by atoms with Crippen molar-refractivity contribution >= 4 is 11.6 Å². The van der Waals surface area contributed by atoms with Gasteiger partial charge in [-0.15, -0.1) is 0 Å². The lowest BCUT2D eigenvalue weighted by atomic mass is 9.80. The second-order valence-electron chi connectivity index (χ2n) is 6.47. The standard InChI is InChI=1S/C15H20N4O/c20-14(15-4-1-6-19(10-15)7-5-15)18-12-8-16-13(17-9-12)11-2-3-11/h8-9,11H,1-7,10H2,(H,18,20). The second kappa shape index (κ2) is 4.52. The molecular formula is C15H20N4O. The molecule has 3 heterocycles. The molecule has 2 atom stereocenters. The number of rotatable bonds is 3. The van der Waals surface area contributed by atoms with E-state index in [1.807, 2.05) is 0 Å². The van der Waals surface area contributed by atoms with Crippen LogP contribution in [0.4, 0.5) is 5.69 Å². The van der Waals surface area contributed by atoms with Gasteiger partial charge < -0.3 is 10.2 Å². The molecule has 5 nitrogen and oxygen atoms in total. The van der Waals surface area contributed by atoms with Gasteiger partial charge in [-0.1, -0.05) is 0 Å². The number of hydrogen-bond acceptors (Lipinski definition) is 4. The van der Waals surface area contributed by atoms with Crippen molar-refractivity contribution in [3.63, 3.8) is 0 Å². The van der Waals surface area contributed by atoms with E-state index in [-0.39, 0.29) is 11.3 Å². The zero-order valence-corrected chi connectivity index (χ0v) is 11.6. The van der Waals surface area contributed by atoms with Crippen molar-refractivity contribution in [3.05, 3.63) is 18.2 Å². The Labute approximate surface area is 118 Å². The zero-order chi connectivity index (χ0) is 13.6. The molecule has 2 aliphatic heterocycles. The van der Waals surface area contributed by atoms with Crippen LogP contribution < -0.4 is 5.32 Å². The van der Waals surface area contributed by atoms with E-state index in [2.05, 4.69) is 20.2 Å². The van der Waals surface area contributed by atoms with Gasteiger partial charge in [0.05, 0.1) is 23.5 Å². The first-order chi connectivity index (χ1) is 9.75. The fourth-order valence-corrected chi connectivity index (χ4v) is 3.51. The molecule has 3 fully saturated rings. The first kappa shape index (κ1) is 12.3. The molecule has 5 heteroatoms. The van der Waals surface area contributed by atoms with Crippen molar-refractivity contribution in [2.24, 2.45) is 5.41 Å². The van der Waals surface area contributed by atoms with E-state index in [0.717, 1.165) is 50.4 Å². The summed E-state index contributed by atoms with van der Waals surface area (Å²) in [6.45, 7) is 3.12. The Hall–Kier alpha value is -1.49. The number of anilines is 1. The molecule has 0 radical (unpaired) electrons. The first-order valence-corrected chi connectivity index (χ1v) is 7.61. The molecule has 1 aliphatic carbocycles. The molecule has 0 spiro atoms. The molecule has 0 aromatic carbocycles. The Morgan fingerprint density at radius 3 is 2.80 bits per heavy atom. The van der Waals surface area contributed by atoms with E-state index in [4.69, 9.17) is 0 Å². The van der Waals surface area contributed by atoms with Crippen molar-refractivity contribution in [2.75, 3.05) is 25.0 Å². The van der Waals surface area contributed by atoms with Gasteiger partial charge in [-0.3, -0.25) is 4.79 Å². The molecule has 1 amide bonds. The van der Waals surface area contributed by atoms with E-state index in [0.29, 0.717) is 5.92 Å². The number of aromatic nitrogens is 2. The van der Waals surface area contributed by atoms with Gasteiger partial charge in [0.25, 0.3) is 0 Å². The monoisotopic (exact) mass is 272 g/mol. The Morgan fingerprint density at radius 2 is 2.05 bits per heavy atom. The predicted octanol–water partition coefficient (Wildman–Crippen LogP) is 1.78. The van der Waals surface area contributed by atoms with Crippen molar-refractivity contribution < 1.29 is 4.79 Å². The molecule has 2 bridgehead atoms. The highest BCUT2D eigenvalue weighted by molar-refractivity contribution is 5.95. The summed E-state index contributed by atoms with van der Waals surface area (Å²) >= 11 is 0. The van der Waals surface area contributed by atoms with Crippen LogP contribution in [0.2, 0.25) is 0 Å². The van der Waals surface area contributed by atoms with Crippen molar-refractivity contribution in [1.29, 1.82) is 0 Å². The highest BCUT2D eigenvalue weighted by Crippen LogP contribution is 2.40. The molecule has 106 valence electrons. The lowest BCUT2D eigenvalue weighted by Gasteiger charge is -2.32. The summed E-state index contributed by atoms with van der Waals surface area (Å²) < 4.78 is 0. The fraction of sp³-hybridized carbons (Fsp3) is 0.667. The number of amides is 1. The average Bonchev–Trinajstić information content (AvgIpc) is 3.27. The summed E-state index contributed by atoms with van der Waals surface area (Å²) in [5.41, 5.74) is 0.561. The van der Waals surface area contributed by atoms with Crippen LogP contribution in [0, 0.1) is 5.41 Å². The quantitative estimate of drug-likeness (QED) is 0.911. The summed E-state index contributed by atoms with van der Waals surface area (Å²) in [6.07, 6.45) is 9.03. The smallest absolute Gasteiger partial charge is 0.232 e. The first-order valence-electron chi connectivity index (χ1n) is 7.61. The molecule has 4 rings (SSSR count). The molecule has 2 unspecified atom stereocenters. The normalized spacial score (nSPS) is 32.1. The second-order valence-corrected chi connectivity index (χ2v) is 6.47. The molecule has 2 saturated heterocycles. The molecule has 1 aromatic rings. The Morgan fingerprint density at radius 1 is 1.25 bits per heavy atom. The van der Waals surface area contributed by atoms with Crippen LogP contribution >= 0.6 is 0 Å². The minimum absolute atomic E-state index is 0.155. The molecule has 20 heavy (non-hydrogen) atoms. The van der Waals surface area contributed by atoms with Gasteiger partial charge in [0.1, 0.15) is 5.82 Å². The average molecular weight is 272 g/mol. The lowest BCUT2D eigenvalue weighted by molar-refractivity contribution is -0.126. The zero-order valence-electron chi connectivity index (χ0n) is 11.6. The molecule has 1 N–H and O–H groups in total. The van der Waals surface area contributed by atoms with Gasteiger partial charge in [0, 0.05) is 12.5 Å². The number of hydrogen-bond donors (Lipinski definition) is 1. The molecule has 1 saturated carbocycles. The largest absolute Gasteiger partial charge is 0.323 e. The van der Waals surface area contributed by atoms with Crippen molar-refractivity contribution in [3.8, 4) is 0 Å². The van der Waals surface area contributed by atoms with Crippen LogP contribution in [0.15, 0.2) is 12.4 Å². The Kier molecular flexibility index (Phi) is 2.77. The number of carbonyl (C=O) groups is 1. The van der Waals surface area contributed by atoms with Crippen LogP contribution in [0.25, 0.3) is 0 Å². The van der Waals surface area contributed by atoms with Crippen LogP contribution in [-0.2, 0) is 4.79 Å². The number of fused-ring (bicyclic) bond motifs is 2. The summed E-state index contributed by atoms with van der Waals surface area (Å²) in [7, 11) is 0. The summed E-state index contributed by atoms with van der Waals surface area (Å²) in [4.78, 5) is 23.7. The van der Waals surface area contributed by atoms with E-state index >= 15 is 0 Å². The van der Waals surface area contributed by atoms with Gasteiger partial charge >= 0.3 is 0 Å². The fourth-order valence-electron chi connectivity index (χ4n) is 3.51. The van der Waals surface area contributed by atoms with Gasteiger partial charge in [-0.05, 0) is 45.2 Å². The van der Waals surface area contributed by atoms with E-state index in [1.54, 1.807) is 12.4 Å². The topological polar surface area (TPSA) is 58.1 Å². The maximum absolute atomic E-state index is 12.6. The number of piperidine rings is 1. The minimum atomic E-state index is -0.173. The lowest BCUT2D eigenvalue weighted by Crippen LogP contribution is -2.42.